The number of hydrogen-bond acceptors (Lipinski definition) is 8. The van der Waals surface area contributed by atoms with Crippen LogP contribution in [0.4, 0.5) is 0 Å². The van der Waals surface area contributed by atoms with E-state index in [0.29, 0.717) is 29.6 Å². The molecule has 0 bridgehead atoms. The number of carbonyl (C=O) groups excluding carboxylic acids is 2. The highest BCUT2D eigenvalue weighted by molar-refractivity contribution is 7.90. The summed E-state index contributed by atoms with van der Waals surface area (Å²) in [7, 11) is -4.09. The van der Waals surface area contributed by atoms with Crippen LogP contribution in [0.3, 0.4) is 0 Å². The maximum Gasteiger partial charge on any atom is 0.339 e. The number of halogens is 2. The van der Waals surface area contributed by atoms with Crippen LogP contribution >= 0.6 is 23.2 Å². The summed E-state index contributed by atoms with van der Waals surface area (Å²) in [5.74, 6) is -1.34. The van der Waals surface area contributed by atoms with Gasteiger partial charge in [-0.1, -0.05) is 49.2 Å². The van der Waals surface area contributed by atoms with Crippen LogP contribution in [0.25, 0.3) is 0 Å². The van der Waals surface area contributed by atoms with Gasteiger partial charge in [0.1, 0.15) is 22.3 Å². The molecule has 0 aromatic heterocycles. The second-order valence-corrected chi connectivity index (χ2v) is 11.2. The molecule has 1 saturated heterocycles. The fraction of sp³-hybridized carbons (Fsp3) is 0.417. The van der Waals surface area contributed by atoms with Gasteiger partial charge in [0, 0.05) is 19.6 Å². The molecule has 12 heteroatoms. The monoisotopic (exact) mass is 556 g/mol. The third-order valence-electron chi connectivity index (χ3n) is 6.04. The molecule has 2 heterocycles. The van der Waals surface area contributed by atoms with Gasteiger partial charge in [0.05, 0.1) is 29.4 Å². The lowest BCUT2D eigenvalue weighted by atomic mass is 9.97. The number of carbonyl (C=O) groups is 2. The molecule has 194 valence electrons. The first kappa shape index (κ1) is 26.7. The summed E-state index contributed by atoms with van der Waals surface area (Å²) in [5, 5.41) is -0.185. The van der Waals surface area contributed by atoms with Crippen molar-refractivity contribution in [2.45, 2.75) is 24.7 Å². The Kier molecular flexibility index (Phi) is 8.11. The van der Waals surface area contributed by atoms with Crippen molar-refractivity contribution in [2.75, 3.05) is 46.2 Å². The molecule has 0 N–H and O–H groups in total. The summed E-state index contributed by atoms with van der Waals surface area (Å²) in [6, 6.07) is 7.51. The first-order valence-corrected chi connectivity index (χ1v) is 13.6. The summed E-state index contributed by atoms with van der Waals surface area (Å²) < 4.78 is 42.8. The number of hydrogen-bond donors (Lipinski definition) is 0. The van der Waals surface area contributed by atoms with Gasteiger partial charge < -0.3 is 14.2 Å². The molecule has 2 aliphatic rings. The number of benzene rings is 2. The van der Waals surface area contributed by atoms with E-state index in [-0.39, 0.29) is 44.3 Å². The quantitative estimate of drug-likeness (QED) is 0.452. The van der Waals surface area contributed by atoms with Gasteiger partial charge in [-0.25, -0.2) is 13.2 Å². The number of nitrogens with zero attached hydrogens (tertiary/aromatic N) is 2. The van der Waals surface area contributed by atoms with Crippen LogP contribution in [0.5, 0.6) is 5.75 Å². The average Bonchev–Trinajstić information content (AvgIpc) is 3.05. The van der Waals surface area contributed by atoms with Crippen LogP contribution in [-0.2, 0) is 19.5 Å². The van der Waals surface area contributed by atoms with E-state index >= 15 is 0 Å². The summed E-state index contributed by atoms with van der Waals surface area (Å²) >= 11 is 12.6. The SMILES string of the molecule is CC(C)c1cccc2c1C(=O)N(COc1ccc(C(=O)OCCN3CCOCC3)c(Cl)c1Cl)S2(=O)=O. The lowest BCUT2D eigenvalue weighted by Crippen LogP contribution is -2.38. The van der Waals surface area contributed by atoms with Crippen molar-refractivity contribution >= 4 is 45.1 Å². The first-order valence-electron chi connectivity index (χ1n) is 11.4. The Labute approximate surface area is 219 Å². The van der Waals surface area contributed by atoms with Gasteiger partial charge in [-0.15, -0.1) is 0 Å². The number of fused-ring (bicyclic) bond motifs is 1. The second kappa shape index (κ2) is 10.9. The molecule has 2 aliphatic heterocycles. The van der Waals surface area contributed by atoms with E-state index in [9.17, 15) is 18.0 Å². The van der Waals surface area contributed by atoms with E-state index < -0.39 is 28.6 Å². The van der Waals surface area contributed by atoms with E-state index in [2.05, 4.69) is 4.90 Å². The zero-order valence-corrected chi connectivity index (χ0v) is 22.2. The Morgan fingerprint density at radius 3 is 2.53 bits per heavy atom. The highest BCUT2D eigenvalue weighted by atomic mass is 35.5. The largest absolute Gasteiger partial charge is 0.470 e. The number of rotatable bonds is 8. The van der Waals surface area contributed by atoms with Crippen molar-refractivity contribution in [3.8, 4) is 5.75 Å². The highest BCUT2D eigenvalue weighted by Crippen LogP contribution is 2.38. The molecular formula is C24H26Cl2N2O7S. The summed E-state index contributed by atoms with van der Waals surface area (Å²) in [6.45, 7) is 6.74. The molecule has 1 fully saturated rings. The number of esters is 1. The van der Waals surface area contributed by atoms with Crippen LogP contribution in [-0.4, -0.2) is 75.7 Å². The number of sulfonamides is 1. The van der Waals surface area contributed by atoms with Crippen molar-refractivity contribution in [3.63, 3.8) is 0 Å². The van der Waals surface area contributed by atoms with E-state index in [1.807, 2.05) is 13.8 Å². The number of amides is 1. The summed E-state index contributed by atoms with van der Waals surface area (Å²) in [5.41, 5.74) is 0.839. The van der Waals surface area contributed by atoms with Gasteiger partial charge in [-0.2, -0.15) is 4.31 Å². The maximum atomic E-state index is 13.0. The molecule has 0 saturated carbocycles. The normalized spacial score (nSPS) is 17.4. The summed E-state index contributed by atoms with van der Waals surface area (Å²) in [4.78, 5) is 27.6. The topological polar surface area (TPSA) is 102 Å². The molecular weight excluding hydrogens is 531 g/mol. The highest BCUT2D eigenvalue weighted by Gasteiger charge is 2.43. The number of morpholine rings is 1. The van der Waals surface area contributed by atoms with E-state index in [1.54, 1.807) is 12.1 Å². The van der Waals surface area contributed by atoms with Gasteiger partial charge in [0.2, 0.25) is 0 Å². The summed E-state index contributed by atoms with van der Waals surface area (Å²) in [6.07, 6.45) is 0. The van der Waals surface area contributed by atoms with Gasteiger partial charge in [0.15, 0.2) is 6.73 Å². The van der Waals surface area contributed by atoms with Gasteiger partial charge >= 0.3 is 5.97 Å². The standard InChI is InChI=1S/C24H26Cl2N2O7S/c1-15(2)16-4-3-5-19-20(16)23(29)28(36(19,31)32)14-35-18-7-6-17(21(25)22(18)26)24(30)34-13-10-27-8-11-33-12-9-27/h3-7,15H,8-14H2,1-2H3. The van der Waals surface area contributed by atoms with Crippen molar-refractivity contribution in [2.24, 2.45) is 0 Å². The molecule has 0 atom stereocenters. The zero-order valence-electron chi connectivity index (χ0n) is 19.8. The second-order valence-electron chi connectivity index (χ2n) is 8.64. The van der Waals surface area contributed by atoms with Crippen molar-refractivity contribution < 1.29 is 32.2 Å². The van der Waals surface area contributed by atoms with E-state index in [4.69, 9.17) is 37.4 Å². The predicted octanol–water partition coefficient (Wildman–Crippen LogP) is 3.79. The minimum Gasteiger partial charge on any atom is -0.470 e. The molecule has 0 spiro atoms. The molecule has 1 amide bonds. The van der Waals surface area contributed by atoms with Crippen LogP contribution in [0.15, 0.2) is 35.2 Å². The fourth-order valence-electron chi connectivity index (χ4n) is 4.05. The van der Waals surface area contributed by atoms with Crippen LogP contribution in [0.1, 0.15) is 46.0 Å². The van der Waals surface area contributed by atoms with Gasteiger partial charge in [0.25, 0.3) is 15.9 Å². The van der Waals surface area contributed by atoms with Crippen LogP contribution in [0.2, 0.25) is 10.0 Å². The molecule has 0 aliphatic carbocycles. The predicted molar refractivity (Wildman–Crippen MR) is 133 cm³/mol. The Balaban J connectivity index is 1.43. The minimum atomic E-state index is -4.09. The molecule has 0 radical (unpaired) electrons. The molecule has 2 aromatic carbocycles. The van der Waals surface area contributed by atoms with Crippen LogP contribution in [0, 0.1) is 0 Å². The Hall–Kier alpha value is -2.37. The molecule has 36 heavy (non-hydrogen) atoms. The van der Waals surface area contributed by atoms with Crippen molar-refractivity contribution in [3.05, 3.63) is 57.1 Å². The van der Waals surface area contributed by atoms with E-state index in [0.717, 1.165) is 13.1 Å². The lowest BCUT2D eigenvalue weighted by Gasteiger charge is -2.26. The molecule has 0 unspecified atom stereocenters. The molecule has 4 rings (SSSR count). The van der Waals surface area contributed by atoms with Gasteiger partial charge in [-0.05, 0) is 29.7 Å². The lowest BCUT2D eigenvalue weighted by molar-refractivity contribution is 0.0195. The van der Waals surface area contributed by atoms with Crippen molar-refractivity contribution in [1.82, 2.24) is 9.21 Å². The van der Waals surface area contributed by atoms with E-state index in [1.165, 1.54) is 18.2 Å². The molecule has 2 aromatic rings. The Morgan fingerprint density at radius 2 is 1.83 bits per heavy atom. The minimum absolute atomic E-state index is 0.0228. The molecule has 9 nitrogen and oxygen atoms in total. The zero-order chi connectivity index (χ0) is 26.0. The smallest absolute Gasteiger partial charge is 0.339 e. The van der Waals surface area contributed by atoms with Crippen LogP contribution < -0.4 is 4.74 Å². The third-order valence-corrected chi connectivity index (χ3v) is 8.65. The average molecular weight is 557 g/mol. The number of ether oxygens (including phenoxy) is 3. The third kappa shape index (κ3) is 5.19. The fourth-order valence-corrected chi connectivity index (χ4v) is 5.96. The Bertz CT molecular complexity index is 1280. The van der Waals surface area contributed by atoms with Crippen molar-refractivity contribution in [1.29, 1.82) is 0 Å². The Morgan fingerprint density at radius 1 is 1.11 bits per heavy atom. The maximum absolute atomic E-state index is 13.0. The van der Waals surface area contributed by atoms with Gasteiger partial charge in [-0.3, -0.25) is 9.69 Å². The first-order chi connectivity index (χ1) is 17.1.